The first kappa shape index (κ1) is 17.9. The molecule has 24 heavy (non-hydrogen) atoms. The van der Waals surface area contributed by atoms with Gasteiger partial charge in [0.15, 0.2) is 0 Å². The number of hydrogen-bond acceptors (Lipinski definition) is 5. The number of non-ortho nitro benzene ring substituents is 1. The molecular formula is C14H12ClN3O5S. The molecule has 0 saturated heterocycles. The Morgan fingerprint density at radius 3 is 2.33 bits per heavy atom. The van der Waals surface area contributed by atoms with Gasteiger partial charge in [-0.25, -0.2) is 13.1 Å². The maximum atomic E-state index is 12.2. The van der Waals surface area contributed by atoms with Crippen molar-refractivity contribution in [1.82, 2.24) is 4.72 Å². The average molecular weight is 370 g/mol. The summed E-state index contributed by atoms with van der Waals surface area (Å²) in [5, 5.41) is 13.3. The highest BCUT2D eigenvalue weighted by Gasteiger charge is 2.16. The first-order valence-corrected chi connectivity index (χ1v) is 8.39. The van der Waals surface area contributed by atoms with Crippen LogP contribution in [0.3, 0.4) is 0 Å². The Morgan fingerprint density at radius 2 is 1.79 bits per heavy atom. The number of sulfonamides is 1. The summed E-state index contributed by atoms with van der Waals surface area (Å²) >= 11 is 5.89. The van der Waals surface area contributed by atoms with Crippen LogP contribution >= 0.6 is 11.6 Å². The first-order chi connectivity index (χ1) is 11.2. The smallest absolute Gasteiger partial charge is 0.270 e. The molecule has 0 aliphatic rings. The van der Waals surface area contributed by atoms with E-state index in [1.54, 1.807) is 0 Å². The molecule has 2 rings (SSSR count). The topological polar surface area (TPSA) is 118 Å². The van der Waals surface area contributed by atoms with Crippen molar-refractivity contribution >= 4 is 38.9 Å². The lowest BCUT2D eigenvalue weighted by Gasteiger charge is -2.08. The second kappa shape index (κ2) is 6.95. The van der Waals surface area contributed by atoms with Crippen LogP contribution in [0.4, 0.5) is 11.4 Å². The summed E-state index contributed by atoms with van der Waals surface area (Å²) in [4.78, 5) is 22.4. The average Bonchev–Trinajstić information content (AvgIpc) is 2.55. The van der Waals surface area contributed by atoms with Crippen LogP contribution in [-0.2, 0) is 10.0 Å². The van der Waals surface area contributed by atoms with Gasteiger partial charge >= 0.3 is 0 Å². The lowest BCUT2D eigenvalue weighted by Crippen LogP contribution is -2.18. The second-order valence-electron chi connectivity index (χ2n) is 4.61. The molecule has 0 aliphatic heterocycles. The molecule has 0 fully saturated rings. The number of amides is 1. The predicted molar refractivity (Wildman–Crippen MR) is 88.7 cm³/mol. The van der Waals surface area contributed by atoms with Crippen molar-refractivity contribution in [3.63, 3.8) is 0 Å². The summed E-state index contributed by atoms with van der Waals surface area (Å²) in [5.41, 5.74) is -0.00423. The summed E-state index contributed by atoms with van der Waals surface area (Å²) in [6.07, 6.45) is 0. The van der Waals surface area contributed by atoms with Crippen molar-refractivity contribution in [3.05, 3.63) is 63.2 Å². The molecular weight excluding hydrogens is 358 g/mol. The maximum Gasteiger partial charge on any atom is 0.270 e. The molecule has 2 aromatic rings. The van der Waals surface area contributed by atoms with E-state index in [2.05, 4.69) is 10.0 Å². The normalized spacial score (nSPS) is 11.1. The highest BCUT2D eigenvalue weighted by Crippen LogP contribution is 2.23. The summed E-state index contributed by atoms with van der Waals surface area (Å²) in [5.74, 6) is -0.645. The number of nitrogens with one attached hydrogen (secondary N) is 2. The van der Waals surface area contributed by atoms with Crippen LogP contribution in [-0.4, -0.2) is 26.3 Å². The maximum absolute atomic E-state index is 12.2. The van der Waals surface area contributed by atoms with Gasteiger partial charge in [0.1, 0.15) is 0 Å². The lowest BCUT2D eigenvalue weighted by atomic mass is 10.2. The Bertz CT molecular complexity index is 897. The van der Waals surface area contributed by atoms with Crippen molar-refractivity contribution in [1.29, 1.82) is 0 Å². The molecule has 8 nitrogen and oxygen atoms in total. The van der Waals surface area contributed by atoms with E-state index in [0.717, 1.165) is 6.07 Å². The van der Waals surface area contributed by atoms with Gasteiger partial charge in [-0.2, -0.15) is 0 Å². The van der Waals surface area contributed by atoms with Crippen LogP contribution in [0.15, 0.2) is 47.4 Å². The number of carbonyl (C=O) groups excluding carboxylic acids is 1. The zero-order valence-electron chi connectivity index (χ0n) is 12.3. The zero-order chi connectivity index (χ0) is 17.9. The number of carbonyl (C=O) groups is 1. The van der Waals surface area contributed by atoms with Crippen molar-refractivity contribution in [2.24, 2.45) is 0 Å². The Hall–Kier alpha value is -2.49. The predicted octanol–water partition coefficient (Wildman–Crippen LogP) is 2.41. The summed E-state index contributed by atoms with van der Waals surface area (Å²) in [7, 11) is -2.29. The summed E-state index contributed by atoms with van der Waals surface area (Å²) < 4.78 is 25.4. The van der Waals surface area contributed by atoms with Gasteiger partial charge in [-0.3, -0.25) is 14.9 Å². The van der Waals surface area contributed by atoms with E-state index < -0.39 is 20.9 Å². The molecule has 0 aliphatic carbocycles. The van der Waals surface area contributed by atoms with Gasteiger partial charge in [0.2, 0.25) is 10.0 Å². The van der Waals surface area contributed by atoms with Gasteiger partial charge in [-0.15, -0.1) is 0 Å². The minimum absolute atomic E-state index is 0.0383. The van der Waals surface area contributed by atoms with Gasteiger partial charge in [-0.05, 0) is 37.4 Å². The van der Waals surface area contributed by atoms with E-state index in [4.69, 9.17) is 11.6 Å². The quantitative estimate of drug-likeness (QED) is 0.619. The number of nitrogens with zero attached hydrogens (tertiary/aromatic N) is 1. The molecule has 0 atom stereocenters. The Labute approximate surface area is 142 Å². The molecule has 0 saturated carbocycles. The number of benzene rings is 2. The summed E-state index contributed by atoms with van der Waals surface area (Å²) in [6.45, 7) is 0. The van der Waals surface area contributed by atoms with E-state index in [1.807, 2.05) is 0 Å². The summed E-state index contributed by atoms with van der Waals surface area (Å²) in [6, 6.07) is 8.94. The van der Waals surface area contributed by atoms with E-state index >= 15 is 0 Å². The third kappa shape index (κ3) is 3.88. The van der Waals surface area contributed by atoms with E-state index in [9.17, 15) is 23.3 Å². The molecule has 0 unspecified atom stereocenters. The van der Waals surface area contributed by atoms with Crippen LogP contribution in [0.1, 0.15) is 10.4 Å². The van der Waals surface area contributed by atoms with Crippen molar-refractivity contribution in [2.75, 3.05) is 12.4 Å². The van der Waals surface area contributed by atoms with Crippen LogP contribution < -0.4 is 10.0 Å². The monoisotopic (exact) mass is 369 g/mol. The fraction of sp³-hybridized carbons (Fsp3) is 0.0714. The van der Waals surface area contributed by atoms with Crippen molar-refractivity contribution < 1.29 is 18.1 Å². The van der Waals surface area contributed by atoms with Crippen LogP contribution in [0.5, 0.6) is 0 Å². The molecule has 0 aromatic heterocycles. The fourth-order valence-corrected chi connectivity index (χ4v) is 2.77. The fourth-order valence-electron chi connectivity index (χ4n) is 1.83. The van der Waals surface area contributed by atoms with Crippen LogP contribution in [0.2, 0.25) is 5.02 Å². The Morgan fingerprint density at radius 1 is 1.17 bits per heavy atom. The van der Waals surface area contributed by atoms with E-state index in [0.29, 0.717) is 5.69 Å². The number of anilines is 1. The second-order valence-corrected chi connectivity index (χ2v) is 6.90. The molecule has 1 amide bonds. The molecule has 10 heteroatoms. The van der Waals surface area contributed by atoms with Crippen molar-refractivity contribution in [3.8, 4) is 0 Å². The number of rotatable bonds is 5. The Balaban J connectivity index is 2.24. The van der Waals surface area contributed by atoms with Gasteiger partial charge in [0, 0.05) is 17.8 Å². The standard InChI is InChI=1S/C14H12ClN3O5S/c1-16-24(22,23)11-5-2-9(3-6-11)17-14(19)12-8-10(18(20)21)4-7-13(12)15/h2-8,16H,1H3,(H,17,19). The lowest BCUT2D eigenvalue weighted by molar-refractivity contribution is -0.384. The van der Waals surface area contributed by atoms with Gasteiger partial charge < -0.3 is 5.32 Å². The van der Waals surface area contributed by atoms with E-state index in [1.165, 1.54) is 43.4 Å². The number of hydrogen-bond donors (Lipinski definition) is 2. The van der Waals surface area contributed by atoms with Crippen LogP contribution in [0, 0.1) is 10.1 Å². The highest BCUT2D eigenvalue weighted by atomic mass is 35.5. The number of nitro benzene ring substituents is 1. The largest absolute Gasteiger partial charge is 0.322 e. The Kier molecular flexibility index (Phi) is 5.17. The van der Waals surface area contributed by atoms with Gasteiger partial charge in [0.05, 0.1) is 20.4 Å². The molecule has 2 N–H and O–H groups in total. The number of halogens is 1. The minimum Gasteiger partial charge on any atom is -0.322 e. The zero-order valence-corrected chi connectivity index (χ0v) is 13.9. The van der Waals surface area contributed by atoms with Crippen molar-refractivity contribution in [2.45, 2.75) is 4.90 Å². The van der Waals surface area contributed by atoms with E-state index in [-0.39, 0.29) is 21.2 Å². The molecule has 0 radical (unpaired) electrons. The van der Waals surface area contributed by atoms with Crippen LogP contribution in [0.25, 0.3) is 0 Å². The minimum atomic E-state index is -3.58. The molecule has 126 valence electrons. The SMILES string of the molecule is CNS(=O)(=O)c1ccc(NC(=O)c2cc([N+](=O)[O-])ccc2Cl)cc1. The van der Waals surface area contributed by atoms with Gasteiger partial charge in [-0.1, -0.05) is 11.6 Å². The number of nitro groups is 1. The molecule has 0 bridgehead atoms. The highest BCUT2D eigenvalue weighted by molar-refractivity contribution is 7.89. The third-order valence-corrected chi connectivity index (χ3v) is 4.86. The third-order valence-electron chi connectivity index (χ3n) is 3.10. The molecule has 0 heterocycles. The molecule has 2 aromatic carbocycles. The first-order valence-electron chi connectivity index (χ1n) is 6.53. The molecule has 0 spiro atoms. The van der Waals surface area contributed by atoms with Gasteiger partial charge in [0.25, 0.3) is 11.6 Å².